The van der Waals surface area contributed by atoms with E-state index in [9.17, 15) is 9.59 Å². The molecule has 1 rings (SSSR count). The summed E-state index contributed by atoms with van der Waals surface area (Å²) in [5, 5.41) is 3.78. The Hall–Kier alpha value is -1.26. The molecule has 86 valence electrons. The number of piperidine rings is 1. The zero-order valence-corrected chi connectivity index (χ0v) is 9.50. The average Bonchev–Trinajstić information content (AvgIpc) is 2.05. The third-order valence-electron chi connectivity index (χ3n) is 1.95. The Balaban J connectivity index is 2.40. The molecule has 0 radical (unpaired) electrons. The van der Waals surface area contributed by atoms with Crippen molar-refractivity contribution in [2.75, 3.05) is 6.54 Å². The van der Waals surface area contributed by atoms with Crippen molar-refractivity contribution in [3.63, 3.8) is 0 Å². The first-order chi connectivity index (χ1) is 6.88. The molecule has 1 N–H and O–H groups in total. The van der Waals surface area contributed by atoms with Crippen LogP contribution in [0.25, 0.3) is 0 Å². The molecule has 0 aromatic heterocycles. The lowest BCUT2D eigenvalue weighted by Crippen LogP contribution is -2.46. The smallest absolute Gasteiger partial charge is 0.319 e. The lowest BCUT2D eigenvalue weighted by molar-refractivity contribution is -0.170. The summed E-state index contributed by atoms with van der Waals surface area (Å²) in [6.07, 6.45) is 1.65. The van der Waals surface area contributed by atoms with E-state index in [2.05, 4.69) is 5.32 Å². The van der Waals surface area contributed by atoms with Crippen LogP contribution in [-0.4, -0.2) is 29.1 Å². The predicted molar refractivity (Wildman–Crippen MR) is 54.9 cm³/mol. The van der Waals surface area contributed by atoms with E-state index in [0.717, 1.165) is 17.9 Å². The van der Waals surface area contributed by atoms with Crippen molar-refractivity contribution in [1.29, 1.82) is 0 Å². The second kappa shape index (κ2) is 4.51. The van der Waals surface area contributed by atoms with Gasteiger partial charge >= 0.3 is 6.09 Å². The van der Waals surface area contributed by atoms with Gasteiger partial charge in [-0.15, -0.1) is 0 Å². The van der Waals surface area contributed by atoms with Crippen LogP contribution in [0.5, 0.6) is 0 Å². The van der Waals surface area contributed by atoms with Crippen molar-refractivity contribution in [1.82, 2.24) is 10.4 Å². The van der Waals surface area contributed by atoms with Crippen LogP contribution in [0.4, 0.5) is 4.79 Å². The Bertz CT molecular complexity index is 258. The highest BCUT2D eigenvalue weighted by molar-refractivity contribution is 5.78. The first-order valence-corrected chi connectivity index (χ1v) is 5.19. The van der Waals surface area contributed by atoms with Crippen molar-refractivity contribution >= 4 is 12.0 Å². The van der Waals surface area contributed by atoms with Gasteiger partial charge in [-0.3, -0.25) is 4.79 Å². The molecule has 2 amide bonds. The van der Waals surface area contributed by atoms with Crippen molar-refractivity contribution in [2.24, 2.45) is 0 Å². The van der Waals surface area contributed by atoms with Crippen LogP contribution in [0, 0.1) is 0 Å². The van der Waals surface area contributed by atoms with Crippen LogP contribution in [-0.2, 0) is 9.63 Å². The molecular formula is C10H18N2O3. The van der Waals surface area contributed by atoms with E-state index in [-0.39, 0.29) is 11.4 Å². The van der Waals surface area contributed by atoms with Crippen LogP contribution in [0.3, 0.4) is 0 Å². The van der Waals surface area contributed by atoms with Crippen molar-refractivity contribution in [3.05, 3.63) is 0 Å². The normalized spacial score (nSPS) is 17.5. The number of hydroxylamine groups is 2. The largest absolute Gasteiger partial charge is 0.432 e. The standard InChI is InChI=1S/C10H18N2O3/c1-10(2,3)11-9(14)15-12-7-5-4-6-8(12)13/h4-7H2,1-3H3,(H,11,14). The summed E-state index contributed by atoms with van der Waals surface area (Å²) in [7, 11) is 0. The molecule has 0 aromatic carbocycles. The molecule has 0 saturated carbocycles. The molecule has 5 nitrogen and oxygen atoms in total. The lowest BCUT2D eigenvalue weighted by Gasteiger charge is -2.27. The molecule has 1 fully saturated rings. The molecule has 0 atom stereocenters. The zero-order chi connectivity index (χ0) is 11.5. The van der Waals surface area contributed by atoms with Gasteiger partial charge in [-0.25, -0.2) is 4.79 Å². The fraction of sp³-hybridized carbons (Fsp3) is 0.800. The number of hydrogen-bond acceptors (Lipinski definition) is 3. The van der Waals surface area contributed by atoms with E-state index in [1.54, 1.807) is 0 Å². The molecule has 15 heavy (non-hydrogen) atoms. The highest BCUT2D eigenvalue weighted by atomic mass is 16.7. The zero-order valence-electron chi connectivity index (χ0n) is 9.50. The van der Waals surface area contributed by atoms with Gasteiger partial charge in [0, 0.05) is 12.0 Å². The van der Waals surface area contributed by atoms with Crippen LogP contribution in [0.15, 0.2) is 0 Å². The molecule has 0 spiro atoms. The van der Waals surface area contributed by atoms with Gasteiger partial charge in [0.25, 0.3) is 5.91 Å². The number of nitrogens with one attached hydrogen (secondary N) is 1. The topological polar surface area (TPSA) is 58.6 Å². The second-order valence-electron chi connectivity index (χ2n) is 4.71. The predicted octanol–water partition coefficient (Wildman–Crippen LogP) is 1.44. The quantitative estimate of drug-likeness (QED) is 0.718. The molecule has 1 heterocycles. The van der Waals surface area contributed by atoms with Crippen molar-refractivity contribution < 1.29 is 14.4 Å². The van der Waals surface area contributed by atoms with Gasteiger partial charge in [0.2, 0.25) is 0 Å². The molecule has 5 heteroatoms. The van der Waals surface area contributed by atoms with Gasteiger partial charge in [-0.2, -0.15) is 5.06 Å². The molecule has 0 aromatic rings. The number of carbonyl (C=O) groups is 2. The van der Waals surface area contributed by atoms with Crippen LogP contribution in [0.1, 0.15) is 40.0 Å². The van der Waals surface area contributed by atoms with Gasteiger partial charge in [0.05, 0.1) is 6.54 Å². The number of rotatable bonds is 1. The van der Waals surface area contributed by atoms with Crippen LogP contribution >= 0.6 is 0 Å². The number of hydrogen-bond donors (Lipinski definition) is 1. The van der Waals surface area contributed by atoms with Gasteiger partial charge in [0.1, 0.15) is 0 Å². The Morgan fingerprint density at radius 1 is 1.40 bits per heavy atom. The summed E-state index contributed by atoms with van der Waals surface area (Å²) in [6, 6.07) is 0. The maximum atomic E-state index is 11.3. The SMILES string of the molecule is CC(C)(C)NC(=O)ON1CCCCC1=O. The highest BCUT2D eigenvalue weighted by Crippen LogP contribution is 2.11. The Morgan fingerprint density at radius 3 is 2.60 bits per heavy atom. The highest BCUT2D eigenvalue weighted by Gasteiger charge is 2.23. The first-order valence-electron chi connectivity index (χ1n) is 5.19. The summed E-state index contributed by atoms with van der Waals surface area (Å²) in [4.78, 5) is 27.6. The summed E-state index contributed by atoms with van der Waals surface area (Å²) in [5.74, 6) is -0.120. The van der Waals surface area contributed by atoms with E-state index in [0.29, 0.717) is 13.0 Å². The third-order valence-corrected chi connectivity index (χ3v) is 1.95. The van der Waals surface area contributed by atoms with Crippen molar-refractivity contribution in [3.8, 4) is 0 Å². The molecular weight excluding hydrogens is 196 g/mol. The monoisotopic (exact) mass is 214 g/mol. The minimum Gasteiger partial charge on any atom is -0.319 e. The van der Waals surface area contributed by atoms with Gasteiger partial charge in [0.15, 0.2) is 0 Å². The Kier molecular flexibility index (Phi) is 3.55. The van der Waals surface area contributed by atoms with E-state index in [1.807, 2.05) is 20.8 Å². The van der Waals surface area contributed by atoms with E-state index >= 15 is 0 Å². The lowest BCUT2D eigenvalue weighted by atomic mass is 10.1. The number of nitrogens with zero attached hydrogens (tertiary/aromatic N) is 1. The minimum absolute atomic E-state index is 0.120. The fourth-order valence-electron chi connectivity index (χ4n) is 1.31. The summed E-state index contributed by atoms with van der Waals surface area (Å²) in [6.45, 7) is 6.06. The second-order valence-corrected chi connectivity index (χ2v) is 4.71. The van der Waals surface area contributed by atoms with E-state index in [4.69, 9.17) is 4.84 Å². The molecule has 0 aliphatic carbocycles. The van der Waals surface area contributed by atoms with Gasteiger partial charge in [-0.05, 0) is 33.6 Å². The minimum atomic E-state index is -0.572. The van der Waals surface area contributed by atoms with Crippen LogP contribution < -0.4 is 5.32 Å². The average molecular weight is 214 g/mol. The molecule has 0 unspecified atom stereocenters. The number of carbonyl (C=O) groups excluding carboxylic acids is 2. The summed E-state index contributed by atoms with van der Waals surface area (Å²) < 4.78 is 0. The Morgan fingerprint density at radius 2 is 2.07 bits per heavy atom. The van der Waals surface area contributed by atoms with Gasteiger partial charge in [-0.1, -0.05) is 0 Å². The van der Waals surface area contributed by atoms with Gasteiger partial charge < -0.3 is 10.2 Å². The molecule has 1 aliphatic heterocycles. The van der Waals surface area contributed by atoms with E-state index < -0.39 is 6.09 Å². The maximum absolute atomic E-state index is 11.3. The Labute approximate surface area is 89.7 Å². The summed E-state index contributed by atoms with van der Waals surface area (Å²) in [5.41, 5.74) is -0.351. The molecule has 1 aliphatic rings. The van der Waals surface area contributed by atoms with Crippen LogP contribution in [0.2, 0.25) is 0 Å². The third kappa shape index (κ3) is 4.18. The molecule has 0 bridgehead atoms. The number of amides is 2. The first kappa shape index (κ1) is 11.8. The molecule has 1 saturated heterocycles. The van der Waals surface area contributed by atoms with Crippen molar-refractivity contribution in [2.45, 2.75) is 45.6 Å². The maximum Gasteiger partial charge on any atom is 0.432 e. The van der Waals surface area contributed by atoms with E-state index in [1.165, 1.54) is 0 Å². The summed E-state index contributed by atoms with van der Waals surface area (Å²) >= 11 is 0. The fourth-order valence-corrected chi connectivity index (χ4v) is 1.31.